The summed E-state index contributed by atoms with van der Waals surface area (Å²) in [6.07, 6.45) is 4.94. The van der Waals surface area contributed by atoms with Gasteiger partial charge in [0.05, 0.1) is 25.5 Å². The van der Waals surface area contributed by atoms with Crippen molar-refractivity contribution in [1.82, 2.24) is 15.3 Å². The average Bonchev–Trinajstić information content (AvgIpc) is 3.40. The monoisotopic (exact) mass is 315 g/mol. The number of aryl methyl sites for hydroxylation is 1. The van der Waals surface area contributed by atoms with Crippen LogP contribution in [0.15, 0.2) is 30.6 Å². The second-order valence-electron chi connectivity index (χ2n) is 5.74. The lowest BCUT2D eigenvalue weighted by Gasteiger charge is -2.19. The first-order valence-corrected chi connectivity index (χ1v) is 7.51. The number of aromatic nitrogens is 2. The van der Waals surface area contributed by atoms with Crippen LogP contribution in [-0.4, -0.2) is 23.0 Å². The normalized spacial score (nSPS) is 15.1. The third-order valence-electron chi connectivity index (χ3n) is 3.98. The van der Waals surface area contributed by atoms with Gasteiger partial charge in [-0.1, -0.05) is 12.1 Å². The molecule has 2 aromatic rings. The van der Waals surface area contributed by atoms with Crippen molar-refractivity contribution in [1.29, 1.82) is 0 Å². The van der Waals surface area contributed by atoms with Gasteiger partial charge in [-0.2, -0.15) is 0 Å². The number of nitrogens with zero attached hydrogens (tertiary/aromatic N) is 2. The minimum Gasteiger partial charge on any atom is -0.480 e. The molecule has 5 nitrogen and oxygen atoms in total. The Hall–Kier alpha value is -2.50. The molecule has 0 bridgehead atoms. The first-order valence-electron chi connectivity index (χ1n) is 7.51. The van der Waals surface area contributed by atoms with Crippen LogP contribution in [0.4, 0.5) is 4.39 Å². The van der Waals surface area contributed by atoms with Gasteiger partial charge in [0.15, 0.2) is 0 Å². The molecule has 1 N–H and O–H groups in total. The van der Waals surface area contributed by atoms with Crippen molar-refractivity contribution in [2.24, 2.45) is 5.92 Å². The van der Waals surface area contributed by atoms with E-state index in [4.69, 9.17) is 4.74 Å². The smallest absolute Gasteiger partial charge is 0.272 e. The van der Waals surface area contributed by atoms with Gasteiger partial charge in [0.2, 0.25) is 5.88 Å². The van der Waals surface area contributed by atoms with Crippen molar-refractivity contribution >= 4 is 5.91 Å². The summed E-state index contributed by atoms with van der Waals surface area (Å²) in [4.78, 5) is 20.5. The number of rotatable bonds is 5. The van der Waals surface area contributed by atoms with Crippen LogP contribution in [0.1, 0.15) is 40.5 Å². The number of hydrogen-bond acceptors (Lipinski definition) is 4. The van der Waals surface area contributed by atoms with E-state index in [0.29, 0.717) is 17.4 Å². The molecule has 6 heteroatoms. The van der Waals surface area contributed by atoms with Crippen LogP contribution >= 0.6 is 0 Å². The van der Waals surface area contributed by atoms with E-state index >= 15 is 0 Å². The first-order chi connectivity index (χ1) is 11.1. The molecule has 0 radical (unpaired) electrons. The van der Waals surface area contributed by atoms with E-state index in [-0.39, 0.29) is 23.5 Å². The highest BCUT2D eigenvalue weighted by Gasteiger charge is 2.34. The summed E-state index contributed by atoms with van der Waals surface area (Å²) >= 11 is 0. The quantitative estimate of drug-likeness (QED) is 0.921. The zero-order chi connectivity index (χ0) is 16.4. The summed E-state index contributed by atoms with van der Waals surface area (Å²) < 4.78 is 18.5. The van der Waals surface area contributed by atoms with Crippen LogP contribution in [0.3, 0.4) is 0 Å². The topological polar surface area (TPSA) is 64.1 Å². The zero-order valence-electron chi connectivity index (χ0n) is 13.0. The second-order valence-corrected chi connectivity index (χ2v) is 5.74. The van der Waals surface area contributed by atoms with Gasteiger partial charge >= 0.3 is 0 Å². The summed E-state index contributed by atoms with van der Waals surface area (Å²) in [5.41, 5.74) is 1.69. The largest absolute Gasteiger partial charge is 0.480 e. The van der Waals surface area contributed by atoms with Crippen LogP contribution in [-0.2, 0) is 0 Å². The van der Waals surface area contributed by atoms with Crippen LogP contribution in [0.25, 0.3) is 0 Å². The number of carbonyl (C=O) groups excluding carboxylic acids is 1. The Morgan fingerprint density at radius 2 is 2.17 bits per heavy atom. The number of ether oxygens (including phenoxy) is 1. The van der Waals surface area contributed by atoms with E-state index in [2.05, 4.69) is 15.3 Å². The molecule has 1 atom stereocenters. The van der Waals surface area contributed by atoms with Gasteiger partial charge in [-0.25, -0.2) is 9.37 Å². The molecule has 1 heterocycles. The lowest BCUT2D eigenvalue weighted by molar-refractivity contribution is 0.0925. The minimum absolute atomic E-state index is 0.144. The van der Waals surface area contributed by atoms with E-state index in [1.807, 2.05) is 0 Å². The fourth-order valence-corrected chi connectivity index (χ4v) is 2.54. The predicted octanol–water partition coefficient (Wildman–Crippen LogP) is 2.81. The highest BCUT2D eigenvalue weighted by molar-refractivity contribution is 5.92. The molecule has 0 saturated heterocycles. The molecule has 1 aromatic heterocycles. The number of methoxy groups -OCH3 is 1. The Kier molecular flexibility index (Phi) is 4.23. The fraction of sp³-hybridized carbons (Fsp3) is 0.353. The summed E-state index contributed by atoms with van der Waals surface area (Å²) in [5.74, 6) is 0.115. The Balaban J connectivity index is 1.82. The molecule has 1 amide bonds. The van der Waals surface area contributed by atoms with E-state index in [9.17, 15) is 9.18 Å². The maximum atomic E-state index is 13.5. The van der Waals surface area contributed by atoms with E-state index in [1.54, 1.807) is 19.1 Å². The van der Waals surface area contributed by atoms with Gasteiger partial charge in [0.25, 0.3) is 5.91 Å². The molecular formula is C17H18FN3O2. The Morgan fingerprint density at radius 3 is 2.83 bits per heavy atom. The molecule has 23 heavy (non-hydrogen) atoms. The van der Waals surface area contributed by atoms with Gasteiger partial charge in [0, 0.05) is 0 Å². The Morgan fingerprint density at radius 1 is 1.39 bits per heavy atom. The number of halogens is 1. The van der Waals surface area contributed by atoms with Crippen molar-refractivity contribution in [3.8, 4) is 5.88 Å². The Bertz CT molecular complexity index is 732. The highest BCUT2D eigenvalue weighted by Crippen LogP contribution is 2.41. The van der Waals surface area contributed by atoms with E-state index < -0.39 is 0 Å². The summed E-state index contributed by atoms with van der Waals surface area (Å²) in [6, 6.07) is 4.81. The van der Waals surface area contributed by atoms with Gasteiger partial charge in [-0.05, 0) is 42.9 Å². The van der Waals surface area contributed by atoms with Crippen LogP contribution in [0.2, 0.25) is 0 Å². The molecule has 1 aromatic carbocycles. The molecule has 0 aliphatic heterocycles. The SMILES string of the molecule is COc1cncc(C(=O)NC(c2ccc(F)c(C)c2)C2CC2)n1. The average molecular weight is 315 g/mol. The third-order valence-corrected chi connectivity index (χ3v) is 3.98. The maximum absolute atomic E-state index is 13.5. The van der Waals surface area contributed by atoms with Crippen molar-refractivity contribution < 1.29 is 13.9 Å². The number of hydrogen-bond donors (Lipinski definition) is 1. The van der Waals surface area contributed by atoms with Gasteiger partial charge in [-0.15, -0.1) is 0 Å². The molecular weight excluding hydrogens is 297 g/mol. The van der Waals surface area contributed by atoms with Crippen molar-refractivity contribution in [3.63, 3.8) is 0 Å². The minimum atomic E-state index is -0.310. The van der Waals surface area contributed by atoms with Crippen LogP contribution in [0, 0.1) is 18.7 Å². The molecule has 1 unspecified atom stereocenters. The summed E-state index contributed by atoms with van der Waals surface area (Å²) in [7, 11) is 1.47. The lowest BCUT2D eigenvalue weighted by Crippen LogP contribution is -2.30. The third kappa shape index (κ3) is 3.47. The molecule has 120 valence electrons. The number of amides is 1. The molecule has 3 rings (SSSR count). The molecule has 0 spiro atoms. The highest BCUT2D eigenvalue weighted by atomic mass is 19.1. The van der Waals surface area contributed by atoms with Crippen molar-refractivity contribution in [2.45, 2.75) is 25.8 Å². The molecule has 1 aliphatic rings. The van der Waals surface area contributed by atoms with Gasteiger partial charge < -0.3 is 10.1 Å². The Labute approximate surface area is 133 Å². The summed E-state index contributed by atoms with van der Waals surface area (Å²) in [6.45, 7) is 1.72. The fourth-order valence-electron chi connectivity index (χ4n) is 2.54. The van der Waals surface area contributed by atoms with Gasteiger partial charge in [-0.3, -0.25) is 9.78 Å². The second kappa shape index (κ2) is 6.32. The first kappa shape index (κ1) is 15.4. The molecule has 1 aliphatic carbocycles. The van der Waals surface area contributed by atoms with Crippen molar-refractivity contribution in [2.75, 3.05) is 7.11 Å². The van der Waals surface area contributed by atoms with Crippen LogP contribution in [0.5, 0.6) is 5.88 Å². The number of carbonyl (C=O) groups is 1. The van der Waals surface area contributed by atoms with Crippen molar-refractivity contribution in [3.05, 3.63) is 53.2 Å². The zero-order valence-corrected chi connectivity index (χ0v) is 13.0. The van der Waals surface area contributed by atoms with E-state index in [1.165, 1.54) is 25.6 Å². The van der Waals surface area contributed by atoms with Crippen LogP contribution < -0.4 is 10.1 Å². The molecule has 1 fully saturated rings. The molecule has 1 saturated carbocycles. The lowest BCUT2D eigenvalue weighted by atomic mass is 10.00. The standard InChI is InChI=1S/C17H18FN3O2/c1-10-7-12(5-6-13(10)18)16(11-3-4-11)21-17(22)14-8-19-9-15(20-14)23-2/h5-9,11,16H,3-4H2,1-2H3,(H,21,22). The maximum Gasteiger partial charge on any atom is 0.272 e. The summed E-state index contributed by atoms with van der Waals surface area (Å²) in [5, 5.41) is 2.99. The van der Waals surface area contributed by atoms with E-state index in [0.717, 1.165) is 18.4 Å². The van der Waals surface area contributed by atoms with Gasteiger partial charge in [0.1, 0.15) is 11.5 Å². The number of benzene rings is 1. The number of nitrogens with one attached hydrogen (secondary N) is 1. The predicted molar refractivity (Wildman–Crippen MR) is 82.7 cm³/mol.